The van der Waals surface area contributed by atoms with Crippen LogP contribution in [0.4, 0.5) is 10.1 Å². The normalized spacial score (nSPS) is 10.8. The van der Waals surface area contributed by atoms with Gasteiger partial charge >= 0.3 is 0 Å². The Morgan fingerprint density at radius 3 is 2.78 bits per heavy atom. The summed E-state index contributed by atoms with van der Waals surface area (Å²) in [6.45, 7) is 3.81. The lowest BCUT2D eigenvalue weighted by molar-refractivity contribution is -0.113. The number of benzene rings is 2. The summed E-state index contributed by atoms with van der Waals surface area (Å²) < 4.78 is 14.6. The molecule has 2 aromatic carbocycles. The maximum absolute atomic E-state index is 13.4. The van der Waals surface area contributed by atoms with Gasteiger partial charge in [0.2, 0.25) is 11.1 Å². The van der Waals surface area contributed by atoms with E-state index in [9.17, 15) is 9.18 Å². The van der Waals surface area contributed by atoms with E-state index in [2.05, 4.69) is 15.5 Å². The second-order valence-corrected chi connectivity index (χ2v) is 7.31. The van der Waals surface area contributed by atoms with Gasteiger partial charge in [0.25, 0.3) is 0 Å². The minimum Gasteiger partial charge on any atom is -0.335 e. The van der Waals surface area contributed by atoms with E-state index in [-0.39, 0.29) is 11.7 Å². The number of nitrogens with one attached hydrogen (secondary N) is 1. The average Bonchev–Trinajstić information content (AvgIpc) is 2.97. The van der Waals surface area contributed by atoms with Crippen molar-refractivity contribution in [3.05, 3.63) is 58.4 Å². The van der Waals surface area contributed by atoms with Crippen LogP contribution in [0.15, 0.2) is 41.6 Å². The van der Waals surface area contributed by atoms with Gasteiger partial charge in [0.15, 0.2) is 5.82 Å². The molecule has 0 spiro atoms. The number of carbonyl (C=O) groups is 1. The number of carbonyl (C=O) groups excluding carboxylic acids is 1. The zero-order chi connectivity index (χ0) is 19.6. The Labute approximate surface area is 164 Å². The van der Waals surface area contributed by atoms with Crippen LogP contribution < -0.4 is 11.2 Å². The molecule has 0 aliphatic carbocycles. The van der Waals surface area contributed by atoms with E-state index in [1.54, 1.807) is 18.2 Å². The Morgan fingerprint density at radius 2 is 2.07 bits per heavy atom. The summed E-state index contributed by atoms with van der Waals surface area (Å²) in [6, 6.07) is 9.62. The summed E-state index contributed by atoms with van der Waals surface area (Å²) in [7, 11) is 0. The molecule has 1 heterocycles. The summed E-state index contributed by atoms with van der Waals surface area (Å²) in [4.78, 5) is 12.3. The van der Waals surface area contributed by atoms with Gasteiger partial charge in [-0.3, -0.25) is 4.79 Å². The fourth-order valence-corrected chi connectivity index (χ4v) is 3.60. The van der Waals surface area contributed by atoms with Crippen molar-refractivity contribution in [2.75, 3.05) is 16.9 Å². The van der Waals surface area contributed by atoms with Gasteiger partial charge in [0, 0.05) is 5.56 Å². The van der Waals surface area contributed by atoms with Crippen LogP contribution in [-0.2, 0) is 4.79 Å². The van der Waals surface area contributed by atoms with Crippen molar-refractivity contribution in [2.45, 2.75) is 19.0 Å². The lowest BCUT2D eigenvalue weighted by Gasteiger charge is -2.11. The molecule has 6 nitrogen and oxygen atoms in total. The summed E-state index contributed by atoms with van der Waals surface area (Å²) in [5.41, 5.74) is 2.99. The van der Waals surface area contributed by atoms with Gasteiger partial charge in [-0.1, -0.05) is 41.6 Å². The van der Waals surface area contributed by atoms with Crippen LogP contribution in [0.25, 0.3) is 11.4 Å². The number of rotatable bonds is 5. The van der Waals surface area contributed by atoms with Crippen molar-refractivity contribution in [2.24, 2.45) is 0 Å². The van der Waals surface area contributed by atoms with E-state index in [0.717, 1.165) is 22.9 Å². The van der Waals surface area contributed by atoms with Gasteiger partial charge in [-0.2, -0.15) is 0 Å². The van der Waals surface area contributed by atoms with Crippen molar-refractivity contribution in [3.63, 3.8) is 0 Å². The van der Waals surface area contributed by atoms with Crippen LogP contribution in [-0.4, -0.2) is 26.5 Å². The number of nitrogen functional groups attached to an aromatic ring is 1. The van der Waals surface area contributed by atoms with Crippen LogP contribution in [0.5, 0.6) is 0 Å². The van der Waals surface area contributed by atoms with Crippen molar-refractivity contribution >= 4 is 35.0 Å². The molecular weight excluding hydrogens is 389 g/mol. The molecule has 9 heteroatoms. The molecule has 0 saturated heterocycles. The molecule has 1 amide bonds. The minimum atomic E-state index is -0.394. The molecule has 3 N–H and O–H groups in total. The Morgan fingerprint density at radius 1 is 1.30 bits per heavy atom. The number of aryl methyl sites for hydroxylation is 2. The smallest absolute Gasteiger partial charge is 0.234 e. The molecule has 0 atom stereocenters. The van der Waals surface area contributed by atoms with E-state index in [1.165, 1.54) is 16.8 Å². The van der Waals surface area contributed by atoms with Gasteiger partial charge in [-0.25, -0.2) is 9.07 Å². The van der Waals surface area contributed by atoms with Crippen molar-refractivity contribution in [3.8, 4) is 11.4 Å². The number of aromatic nitrogens is 3. The van der Waals surface area contributed by atoms with Gasteiger partial charge in [0.1, 0.15) is 5.82 Å². The predicted octanol–water partition coefficient (Wildman–Crippen LogP) is 3.80. The number of hydrogen-bond donors (Lipinski definition) is 2. The first-order valence-corrected chi connectivity index (χ1v) is 9.37. The van der Waals surface area contributed by atoms with Gasteiger partial charge in [-0.15, -0.1) is 10.2 Å². The molecule has 140 valence electrons. The third-order valence-corrected chi connectivity index (χ3v) is 5.02. The highest BCUT2D eigenvalue weighted by molar-refractivity contribution is 7.99. The monoisotopic (exact) mass is 405 g/mol. The Bertz CT molecular complexity index is 984. The van der Waals surface area contributed by atoms with E-state index < -0.39 is 5.82 Å². The fourth-order valence-electron chi connectivity index (χ4n) is 2.58. The number of halogens is 2. The average molecular weight is 406 g/mol. The summed E-state index contributed by atoms with van der Waals surface area (Å²) in [5, 5.41) is 11.6. The van der Waals surface area contributed by atoms with Crippen molar-refractivity contribution in [1.82, 2.24) is 14.9 Å². The first-order chi connectivity index (χ1) is 12.8. The maximum Gasteiger partial charge on any atom is 0.234 e. The van der Waals surface area contributed by atoms with E-state index >= 15 is 0 Å². The number of anilines is 1. The fraction of sp³-hybridized carbons (Fsp3) is 0.167. The largest absolute Gasteiger partial charge is 0.335 e. The third-order valence-electron chi connectivity index (χ3n) is 3.78. The molecular formula is C18H17ClFN5OS. The molecule has 3 aromatic rings. The Kier molecular flexibility index (Phi) is 5.67. The van der Waals surface area contributed by atoms with E-state index in [0.29, 0.717) is 27.3 Å². The Balaban J connectivity index is 1.68. The highest BCUT2D eigenvalue weighted by Crippen LogP contribution is 2.28. The van der Waals surface area contributed by atoms with E-state index in [1.807, 2.05) is 19.9 Å². The first kappa shape index (κ1) is 19.2. The molecule has 0 aliphatic heterocycles. The molecule has 0 radical (unpaired) electrons. The van der Waals surface area contributed by atoms with Crippen molar-refractivity contribution in [1.29, 1.82) is 0 Å². The predicted molar refractivity (Wildman–Crippen MR) is 106 cm³/mol. The molecule has 3 rings (SSSR count). The standard InChI is InChI=1S/C18H17ClFN5OS/c1-10-6-11(2)16(14(19)7-10)22-15(26)9-27-18-24-23-17(25(18)21)12-4-3-5-13(20)8-12/h3-8H,9,21H2,1-2H3,(H,22,26). The first-order valence-electron chi connectivity index (χ1n) is 8.01. The lowest BCUT2D eigenvalue weighted by atomic mass is 10.1. The topological polar surface area (TPSA) is 85.8 Å². The van der Waals surface area contributed by atoms with Gasteiger partial charge < -0.3 is 11.2 Å². The van der Waals surface area contributed by atoms with Crippen molar-refractivity contribution < 1.29 is 9.18 Å². The Hall–Kier alpha value is -2.58. The van der Waals surface area contributed by atoms with Gasteiger partial charge in [0.05, 0.1) is 16.5 Å². The van der Waals surface area contributed by atoms with Crippen LogP contribution in [0.3, 0.4) is 0 Å². The van der Waals surface area contributed by atoms with E-state index in [4.69, 9.17) is 17.4 Å². The van der Waals surface area contributed by atoms with Crippen LogP contribution >= 0.6 is 23.4 Å². The van der Waals surface area contributed by atoms with Crippen LogP contribution in [0.1, 0.15) is 11.1 Å². The van der Waals surface area contributed by atoms with Crippen LogP contribution in [0, 0.1) is 19.7 Å². The molecule has 0 aliphatic rings. The third kappa shape index (κ3) is 4.40. The van der Waals surface area contributed by atoms with Crippen LogP contribution in [0.2, 0.25) is 5.02 Å². The second kappa shape index (κ2) is 7.98. The quantitative estimate of drug-likeness (QED) is 0.498. The van der Waals surface area contributed by atoms with Gasteiger partial charge in [-0.05, 0) is 43.2 Å². The molecule has 1 aromatic heterocycles. The zero-order valence-corrected chi connectivity index (χ0v) is 16.2. The highest BCUT2D eigenvalue weighted by atomic mass is 35.5. The molecule has 0 bridgehead atoms. The lowest BCUT2D eigenvalue weighted by Crippen LogP contribution is -2.17. The summed E-state index contributed by atoms with van der Waals surface area (Å²) >= 11 is 7.33. The SMILES string of the molecule is Cc1cc(C)c(NC(=O)CSc2nnc(-c3cccc(F)c3)n2N)c(Cl)c1. The number of nitrogens with zero attached hydrogens (tertiary/aromatic N) is 3. The molecule has 0 saturated carbocycles. The zero-order valence-electron chi connectivity index (χ0n) is 14.7. The highest BCUT2D eigenvalue weighted by Gasteiger charge is 2.15. The second-order valence-electron chi connectivity index (χ2n) is 5.96. The maximum atomic E-state index is 13.4. The molecule has 27 heavy (non-hydrogen) atoms. The minimum absolute atomic E-state index is 0.0716. The molecule has 0 unspecified atom stereocenters. The number of nitrogens with two attached hydrogens (primary N) is 1. The number of thioether (sulfide) groups is 1. The number of hydrogen-bond acceptors (Lipinski definition) is 5. The summed E-state index contributed by atoms with van der Waals surface area (Å²) in [5.74, 6) is 5.73. The molecule has 0 fully saturated rings. The summed E-state index contributed by atoms with van der Waals surface area (Å²) in [6.07, 6.45) is 0. The number of amides is 1.